The molecular formula is C24H28ClN5O. The maximum absolute atomic E-state index is 12.7. The smallest absolute Gasteiger partial charge is 0.322 e. The van der Waals surface area contributed by atoms with Gasteiger partial charge in [0.1, 0.15) is 0 Å². The first kappa shape index (κ1) is 20.3. The number of pyridine rings is 1. The molecule has 1 aromatic heterocycles. The molecule has 7 heteroatoms. The molecule has 0 spiro atoms. The molecule has 2 fully saturated rings. The van der Waals surface area contributed by atoms with E-state index in [-0.39, 0.29) is 6.03 Å². The van der Waals surface area contributed by atoms with Crippen LogP contribution in [0.5, 0.6) is 0 Å². The summed E-state index contributed by atoms with van der Waals surface area (Å²) in [6.07, 6.45) is 5.79. The molecule has 2 amide bonds. The van der Waals surface area contributed by atoms with Crippen LogP contribution < -0.4 is 10.2 Å². The number of urea groups is 1. The van der Waals surface area contributed by atoms with Crippen molar-refractivity contribution in [2.45, 2.75) is 18.9 Å². The summed E-state index contributed by atoms with van der Waals surface area (Å²) in [4.78, 5) is 23.9. The first-order valence-corrected chi connectivity index (χ1v) is 11.4. The molecule has 0 aliphatic carbocycles. The van der Waals surface area contributed by atoms with Crippen LogP contribution in [0.3, 0.4) is 0 Å². The fourth-order valence-corrected chi connectivity index (χ4v) is 5.20. The number of nitrogens with zero attached hydrogens (tertiary/aromatic N) is 4. The number of carbonyl (C=O) groups is 1. The lowest BCUT2D eigenvalue weighted by molar-refractivity contribution is 0.217. The summed E-state index contributed by atoms with van der Waals surface area (Å²) in [5, 5.41) is 3.67. The molecule has 4 heterocycles. The highest BCUT2D eigenvalue weighted by atomic mass is 35.5. The molecule has 1 aromatic carbocycles. The number of anilines is 2. The Morgan fingerprint density at radius 3 is 2.68 bits per heavy atom. The topological polar surface area (TPSA) is 51.7 Å². The molecule has 31 heavy (non-hydrogen) atoms. The summed E-state index contributed by atoms with van der Waals surface area (Å²) in [5.41, 5.74) is 4.17. The average molecular weight is 438 g/mol. The predicted molar refractivity (Wildman–Crippen MR) is 126 cm³/mol. The first-order chi connectivity index (χ1) is 15.1. The third-order valence-corrected chi connectivity index (χ3v) is 6.96. The summed E-state index contributed by atoms with van der Waals surface area (Å²) < 4.78 is 0. The number of hydrogen-bond donors (Lipinski definition) is 1. The normalized spacial score (nSPS) is 23.6. The van der Waals surface area contributed by atoms with Crippen molar-refractivity contribution in [3.8, 4) is 0 Å². The molecule has 0 bridgehead atoms. The number of aromatic nitrogens is 1. The molecule has 0 radical (unpaired) electrons. The van der Waals surface area contributed by atoms with Gasteiger partial charge in [-0.3, -0.25) is 4.98 Å². The van der Waals surface area contributed by atoms with Gasteiger partial charge in [-0.1, -0.05) is 17.7 Å². The van der Waals surface area contributed by atoms with Crippen molar-refractivity contribution in [3.05, 3.63) is 59.4 Å². The molecule has 0 saturated carbocycles. The first-order valence-electron chi connectivity index (χ1n) is 11.0. The van der Waals surface area contributed by atoms with Crippen molar-refractivity contribution in [1.29, 1.82) is 0 Å². The molecule has 6 nitrogen and oxygen atoms in total. The van der Waals surface area contributed by atoms with Crippen LogP contribution in [0.1, 0.15) is 18.5 Å². The highest BCUT2D eigenvalue weighted by Crippen LogP contribution is 2.35. The number of benzene rings is 1. The van der Waals surface area contributed by atoms with Gasteiger partial charge in [0, 0.05) is 56.3 Å². The van der Waals surface area contributed by atoms with Crippen LogP contribution in [-0.4, -0.2) is 66.6 Å². The van der Waals surface area contributed by atoms with Crippen molar-refractivity contribution < 1.29 is 4.79 Å². The van der Waals surface area contributed by atoms with Crippen LogP contribution in [0.4, 0.5) is 16.2 Å². The van der Waals surface area contributed by atoms with E-state index in [4.69, 9.17) is 11.6 Å². The highest BCUT2D eigenvalue weighted by molar-refractivity contribution is 6.30. The zero-order valence-corrected chi connectivity index (χ0v) is 18.6. The number of likely N-dealkylation sites (tertiary alicyclic amines) is 1. The van der Waals surface area contributed by atoms with E-state index in [0.717, 1.165) is 42.4 Å². The fourth-order valence-electron chi connectivity index (χ4n) is 5.08. The van der Waals surface area contributed by atoms with E-state index < -0.39 is 0 Å². The lowest BCUT2D eigenvalue weighted by Gasteiger charge is -2.27. The standard InChI is InChI=1S/C24H28ClN5O/c1-28-15-18-10-13-30(23(18)16-28)21-5-3-20(4-6-21)27-24(31)29-11-8-17(9-12-29)22-7-2-19(25)14-26-22/h2-8,14,18,23H,9-13,15-16H2,1H3,(H,27,31)/t18-,23+/m1/s1. The summed E-state index contributed by atoms with van der Waals surface area (Å²) >= 11 is 5.92. The van der Waals surface area contributed by atoms with Crippen LogP contribution in [0, 0.1) is 5.92 Å². The number of rotatable bonds is 3. The Hall–Kier alpha value is -2.57. The summed E-state index contributed by atoms with van der Waals surface area (Å²) in [6, 6.07) is 12.6. The highest BCUT2D eigenvalue weighted by Gasteiger charge is 2.39. The lowest BCUT2D eigenvalue weighted by Crippen LogP contribution is -2.38. The minimum Gasteiger partial charge on any atom is -0.367 e. The van der Waals surface area contributed by atoms with E-state index >= 15 is 0 Å². The minimum absolute atomic E-state index is 0.0641. The number of likely N-dealkylation sites (N-methyl/N-ethyl adjacent to an activating group) is 1. The number of fused-ring (bicyclic) bond motifs is 1. The van der Waals surface area contributed by atoms with Gasteiger partial charge < -0.3 is 20.0 Å². The third kappa shape index (κ3) is 4.27. The average Bonchev–Trinajstić information content (AvgIpc) is 3.34. The number of carbonyl (C=O) groups excluding carboxylic acids is 1. The van der Waals surface area contributed by atoms with Gasteiger partial charge in [0.15, 0.2) is 0 Å². The van der Waals surface area contributed by atoms with Crippen molar-refractivity contribution in [3.63, 3.8) is 0 Å². The Balaban J connectivity index is 1.18. The second-order valence-electron chi connectivity index (χ2n) is 8.79. The van der Waals surface area contributed by atoms with Gasteiger partial charge in [0.05, 0.1) is 10.7 Å². The van der Waals surface area contributed by atoms with Crippen LogP contribution in [0.2, 0.25) is 5.02 Å². The molecule has 1 N–H and O–H groups in total. The molecule has 2 saturated heterocycles. The van der Waals surface area contributed by atoms with E-state index in [1.54, 1.807) is 6.20 Å². The second-order valence-corrected chi connectivity index (χ2v) is 9.23. The zero-order valence-electron chi connectivity index (χ0n) is 17.8. The van der Waals surface area contributed by atoms with Crippen LogP contribution in [-0.2, 0) is 0 Å². The number of nitrogens with one attached hydrogen (secondary N) is 1. The maximum atomic E-state index is 12.7. The SMILES string of the molecule is CN1C[C@H]2CCN(c3ccc(NC(=O)N4CC=C(c5ccc(Cl)cn5)CC4)cc3)[C@H]2C1. The molecule has 5 rings (SSSR count). The molecule has 2 aromatic rings. The number of halogens is 1. The van der Waals surface area contributed by atoms with Gasteiger partial charge in [0.2, 0.25) is 0 Å². The third-order valence-electron chi connectivity index (χ3n) is 6.73. The number of hydrogen-bond acceptors (Lipinski definition) is 4. The lowest BCUT2D eigenvalue weighted by atomic mass is 10.0. The molecule has 2 atom stereocenters. The Bertz CT molecular complexity index is 974. The Kier molecular flexibility index (Phi) is 5.59. The van der Waals surface area contributed by atoms with E-state index in [1.807, 2.05) is 29.2 Å². The number of amides is 2. The van der Waals surface area contributed by atoms with Gasteiger partial charge >= 0.3 is 6.03 Å². The minimum atomic E-state index is -0.0641. The van der Waals surface area contributed by atoms with E-state index in [1.165, 1.54) is 18.7 Å². The summed E-state index contributed by atoms with van der Waals surface area (Å²) in [6.45, 7) is 4.71. The van der Waals surface area contributed by atoms with E-state index in [9.17, 15) is 4.79 Å². The van der Waals surface area contributed by atoms with Gasteiger partial charge in [-0.2, -0.15) is 0 Å². The van der Waals surface area contributed by atoms with Gasteiger partial charge in [0.25, 0.3) is 0 Å². The van der Waals surface area contributed by atoms with Gasteiger partial charge in [-0.15, -0.1) is 0 Å². The Morgan fingerprint density at radius 1 is 1.13 bits per heavy atom. The molecular weight excluding hydrogens is 410 g/mol. The zero-order chi connectivity index (χ0) is 21.4. The van der Waals surface area contributed by atoms with Crippen molar-refractivity contribution in [2.24, 2.45) is 5.92 Å². The van der Waals surface area contributed by atoms with Crippen LogP contribution in [0.15, 0.2) is 48.7 Å². The van der Waals surface area contributed by atoms with Crippen LogP contribution >= 0.6 is 11.6 Å². The van der Waals surface area contributed by atoms with Crippen molar-refractivity contribution >= 4 is 34.6 Å². The molecule has 3 aliphatic rings. The Labute approximate surface area is 188 Å². The van der Waals surface area contributed by atoms with Gasteiger partial charge in [-0.05, 0) is 67.8 Å². The Morgan fingerprint density at radius 2 is 1.97 bits per heavy atom. The predicted octanol–water partition coefficient (Wildman–Crippen LogP) is 4.20. The van der Waals surface area contributed by atoms with Crippen molar-refractivity contribution in [2.75, 3.05) is 50.0 Å². The van der Waals surface area contributed by atoms with E-state index in [0.29, 0.717) is 24.2 Å². The molecule has 3 aliphatic heterocycles. The molecule has 162 valence electrons. The summed E-state index contributed by atoms with van der Waals surface area (Å²) in [5.74, 6) is 0.782. The monoisotopic (exact) mass is 437 g/mol. The quantitative estimate of drug-likeness (QED) is 0.782. The van der Waals surface area contributed by atoms with Crippen LogP contribution in [0.25, 0.3) is 5.57 Å². The summed E-state index contributed by atoms with van der Waals surface area (Å²) in [7, 11) is 2.21. The van der Waals surface area contributed by atoms with E-state index in [2.05, 4.69) is 45.4 Å². The second kappa shape index (κ2) is 8.52. The maximum Gasteiger partial charge on any atom is 0.322 e. The molecule has 0 unspecified atom stereocenters. The van der Waals surface area contributed by atoms with Gasteiger partial charge in [-0.25, -0.2) is 4.79 Å². The van der Waals surface area contributed by atoms with Crippen molar-refractivity contribution in [1.82, 2.24) is 14.8 Å². The fraction of sp³-hybridized carbons (Fsp3) is 0.417. The largest absolute Gasteiger partial charge is 0.367 e.